The van der Waals surface area contributed by atoms with E-state index in [1.807, 2.05) is 13.8 Å². The number of nitrogens with zero attached hydrogens (tertiary/aromatic N) is 4. The number of rotatable bonds is 4. The molecule has 2 heterocycles. The van der Waals surface area contributed by atoms with Crippen molar-refractivity contribution in [2.75, 3.05) is 5.32 Å². The minimum Gasteiger partial charge on any atom is -0.307 e. The predicted octanol–water partition coefficient (Wildman–Crippen LogP) is 4.20. The zero-order chi connectivity index (χ0) is 21.3. The maximum atomic E-state index is 13.4. The smallest absolute Gasteiger partial charge is 0.307 e. The summed E-state index contributed by atoms with van der Waals surface area (Å²) in [6, 6.07) is 6.59. The Balaban J connectivity index is 1.91. The highest BCUT2D eigenvalue weighted by Crippen LogP contribution is 2.34. The Morgan fingerprint density at radius 1 is 1.14 bits per heavy atom. The van der Waals surface area contributed by atoms with Gasteiger partial charge >= 0.3 is 6.18 Å². The fourth-order valence-electron chi connectivity index (χ4n) is 3.03. The molecule has 1 amide bonds. The quantitative estimate of drug-likeness (QED) is 0.664. The second-order valence-electron chi connectivity index (χ2n) is 6.63. The number of aryl methyl sites for hydroxylation is 3. The molecule has 0 spiro atoms. The summed E-state index contributed by atoms with van der Waals surface area (Å²) in [6.45, 7) is 5.35. The molecule has 2 aromatic heterocycles. The predicted molar refractivity (Wildman–Crippen MR) is 104 cm³/mol. The van der Waals surface area contributed by atoms with Crippen LogP contribution in [0.25, 0.3) is 11.8 Å². The van der Waals surface area contributed by atoms with Gasteiger partial charge in [0.1, 0.15) is 5.82 Å². The summed E-state index contributed by atoms with van der Waals surface area (Å²) in [6.07, 6.45) is -1.60. The molecule has 6 nitrogen and oxygen atoms in total. The highest BCUT2D eigenvalue weighted by atomic mass is 19.4. The summed E-state index contributed by atoms with van der Waals surface area (Å²) < 4.78 is 42.9. The lowest BCUT2D eigenvalue weighted by Gasteiger charge is -2.14. The van der Waals surface area contributed by atoms with Gasteiger partial charge in [0.05, 0.1) is 22.6 Å². The molecule has 0 aliphatic heterocycles. The Labute approximate surface area is 165 Å². The molecule has 3 rings (SSSR count). The van der Waals surface area contributed by atoms with Crippen LogP contribution in [0, 0.1) is 20.8 Å². The lowest BCUT2D eigenvalue weighted by molar-refractivity contribution is -0.137. The zero-order valence-electron chi connectivity index (χ0n) is 16.4. The maximum Gasteiger partial charge on any atom is 0.418 e. The molecule has 29 heavy (non-hydrogen) atoms. The van der Waals surface area contributed by atoms with E-state index in [0.717, 1.165) is 27.7 Å². The molecule has 1 N–H and O–H groups in total. The van der Waals surface area contributed by atoms with Crippen molar-refractivity contribution in [3.63, 3.8) is 0 Å². The van der Waals surface area contributed by atoms with Crippen LogP contribution in [0.15, 0.2) is 36.4 Å². The zero-order valence-corrected chi connectivity index (χ0v) is 16.4. The Hall–Kier alpha value is -3.36. The number of halogens is 3. The number of hydrogen-bond donors (Lipinski definition) is 1. The van der Waals surface area contributed by atoms with E-state index in [2.05, 4.69) is 15.5 Å². The molecule has 0 saturated heterocycles. The summed E-state index contributed by atoms with van der Waals surface area (Å²) >= 11 is 0. The van der Waals surface area contributed by atoms with Crippen LogP contribution in [0.4, 0.5) is 19.0 Å². The monoisotopic (exact) mass is 403 g/mol. The summed E-state index contributed by atoms with van der Waals surface area (Å²) in [4.78, 5) is 12.4. The molecule has 0 saturated carbocycles. The molecule has 1 aromatic carbocycles. The highest BCUT2D eigenvalue weighted by Gasteiger charge is 2.34. The van der Waals surface area contributed by atoms with E-state index in [0.29, 0.717) is 5.69 Å². The van der Waals surface area contributed by atoms with Gasteiger partial charge in [-0.05, 0) is 39.0 Å². The molecular formula is C20H20F3N5O. The van der Waals surface area contributed by atoms with Crippen molar-refractivity contribution in [2.45, 2.75) is 26.9 Å². The number of para-hydroxylation sites is 1. The first kappa shape index (κ1) is 20.4. The third-order valence-electron chi connectivity index (χ3n) is 4.49. The topological polar surface area (TPSA) is 64.7 Å². The highest BCUT2D eigenvalue weighted by molar-refractivity contribution is 6.01. The van der Waals surface area contributed by atoms with Crippen molar-refractivity contribution in [2.24, 2.45) is 7.05 Å². The lowest BCUT2D eigenvalue weighted by Crippen LogP contribution is -2.16. The fourth-order valence-corrected chi connectivity index (χ4v) is 3.03. The van der Waals surface area contributed by atoms with Gasteiger partial charge in [-0.15, -0.1) is 0 Å². The summed E-state index contributed by atoms with van der Waals surface area (Å²) in [5.74, 6) is -0.341. The largest absolute Gasteiger partial charge is 0.418 e. The molecule has 0 aliphatic carbocycles. The molecule has 0 unspecified atom stereocenters. The van der Waals surface area contributed by atoms with Crippen molar-refractivity contribution in [1.29, 1.82) is 0 Å². The van der Waals surface area contributed by atoms with E-state index in [-0.39, 0.29) is 11.5 Å². The normalized spacial score (nSPS) is 12.0. The van der Waals surface area contributed by atoms with Crippen molar-refractivity contribution < 1.29 is 18.0 Å². The maximum absolute atomic E-state index is 13.4. The van der Waals surface area contributed by atoms with Crippen LogP contribution >= 0.6 is 0 Å². The first-order valence-electron chi connectivity index (χ1n) is 8.80. The first-order chi connectivity index (χ1) is 13.6. The number of hydrogen-bond acceptors (Lipinski definition) is 3. The summed E-state index contributed by atoms with van der Waals surface area (Å²) in [7, 11) is 1.80. The van der Waals surface area contributed by atoms with Crippen LogP contribution < -0.4 is 5.32 Å². The lowest BCUT2D eigenvalue weighted by atomic mass is 10.1. The number of benzene rings is 1. The molecule has 0 radical (unpaired) electrons. The third-order valence-corrected chi connectivity index (χ3v) is 4.49. The molecule has 0 atom stereocenters. The van der Waals surface area contributed by atoms with E-state index < -0.39 is 17.6 Å². The molecule has 0 bridgehead atoms. The number of carbonyl (C=O) groups is 1. The van der Waals surface area contributed by atoms with Crippen LogP contribution in [0.5, 0.6) is 0 Å². The van der Waals surface area contributed by atoms with Gasteiger partial charge in [0.15, 0.2) is 0 Å². The van der Waals surface area contributed by atoms with Gasteiger partial charge in [-0.25, -0.2) is 4.68 Å². The SMILES string of the molecule is Cc1cc(NC(=O)/C=C/c2c(C)nn(C)c2C)n(-c2ccccc2C(F)(F)F)n1. The molecular weight excluding hydrogens is 383 g/mol. The van der Waals surface area contributed by atoms with Crippen molar-refractivity contribution in [3.05, 3.63) is 64.6 Å². The number of carbonyl (C=O) groups excluding carboxylic acids is 1. The summed E-state index contributed by atoms with van der Waals surface area (Å²) in [5.41, 5.74) is 1.96. The fraction of sp³-hybridized carbons (Fsp3) is 0.250. The second kappa shape index (κ2) is 7.57. The van der Waals surface area contributed by atoms with Crippen LogP contribution in [-0.4, -0.2) is 25.5 Å². The second-order valence-corrected chi connectivity index (χ2v) is 6.63. The van der Waals surface area contributed by atoms with E-state index in [1.165, 1.54) is 30.3 Å². The first-order valence-corrected chi connectivity index (χ1v) is 8.80. The van der Waals surface area contributed by atoms with Crippen LogP contribution in [0.1, 0.15) is 28.2 Å². The Morgan fingerprint density at radius 3 is 2.45 bits per heavy atom. The van der Waals surface area contributed by atoms with E-state index in [4.69, 9.17) is 0 Å². The minimum atomic E-state index is -4.55. The van der Waals surface area contributed by atoms with Crippen LogP contribution in [-0.2, 0) is 18.0 Å². The summed E-state index contributed by atoms with van der Waals surface area (Å²) in [5, 5.41) is 11.0. The van der Waals surface area contributed by atoms with Crippen LogP contribution in [0.3, 0.4) is 0 Å². The molecule has 0 fully saturated rings. The Morgan fingerprint density at radius 2 is 1.83 bits per heavy atom. The van der Waals surface area contributed by atoms with Gasteiger partial charge in [-0.1, -0.05) is 12.1 Å². The number of amides is 1. The third kappa shape index (κ3) is 4.23. The van der Waals surface area contributed by atoms with Gasteiger partial charge in [-0.3, -0.25) is 9.48 Å². The van der Waals surface area contributed by atoms with Gasteiger partial charge < -0.3 is 5.32 Å². The Bertz CT molecular complexity index is 1090. The molecule has 9 heteroatoms. The molecule has 3 aromatic rings. The van der Waals surface area contributed by atoms with Crippen molar-refractivity contribution in [3.8, 4) is 5.69 Å². The van der Waals surface area contributed by atoms with E-state index in [1.54, 1.807) is 24.7 Å². The van der Waals surface area contributed by atoms with Gasteiger partial charge in [0, 0.05) is 30.4 Å². The standard InChI is InChI=1S/C20H20F3N5O/c1-12-11-18(24-19(29)10-9-15-13(2)26-27(4)14(15)3)28(25-12)17-8-6-5-7-16(17)20(21,22)23/h5-11H,1-4H3,(H,24,29)/b10-9+. The van der Waals surface area contributed by atoms with E-state index in [9.17, 15) is 18.0 Å². The van der Waals surface area contributed by atoms with Crippen molar-refractivity contribution >= 4 is 17.8 Å². The molecule has 152 valence electrons. The number of aromatic nitrogens is 4. The Kier molecular flexibility index (Phi) is 5.32. The van der Waals surface area contributed by atoms with Gasteiger partial charge in [0.2, 0.25) is 5.91 Å². The van der Waals surface area contributed by atoms with Crippen molar-refractivity contribution in [1.82, 2.24) is 19.6 Å². The number of anilines is 1. The average Bonchev–Trinajstić information content (AvgIpc) is 3.11. The van der Waals surface area contributed by atoms with E-state index >= 15 is 0 Å². The molecule has 0 aliphatic rings. The number of alkyl halides is 3. The van der Waals surface area contributed by atoms with Gasteiger partial charge in [0.25, 0.3) is 0 Å². The minimum absolute atomic E-state index is 0.147. The number of nitrogens with one attached hydrogen (secondary N) is 1. The average molecular weight is 403 g/mol. The van der Waals surface area contributed by atoms with Gasteiger partial charge in [-0.2, -0.15) is 23.4 Å². The van der Waals surface area contributed by atoms with Crippen LogP contribution in [0.2, 0.25) is 0 Å².